The van der Waals surface area contributed by atoms with E-state index in [0.717, 1.165) is 0 Å². The molecular weight excluding hydrogens is 449 g/mol. The minimum Gasteiger partial charge on any atom is -0.497 e. The first-order chi connectivity index (χ1) is 14.1. The summed E-state index contributed by atoms with van der Waals surface area (Å²) in [4.78, 5) is -0.0929. The Morgan fingerprint density at radius 1 is 1.10 bits per heavy atom. The van der Waals surface area contributed by atoms with Crippen molar-refractivity contribution in [3.8, 4) is 22.6 Å². The van der Waals surface area contributed by atoms with Gasteiger partial charge in [-0.25, -0.2) is 0 Å². The number of aromatic nitrogens is 2. The molecule has 2 aromatic carbocycles. The zero-order chi connectivity index (χ0) is 22.2. The van der Waals surface area contributed by atoms with Crippen LogP contribution in [0.5, 0.6) is 11.5 Å². The van der Waals surface area contributed by atoms with Crippen LogP contribution in [0.15, 0.2) is 35.2 Å². The van der Waals surface area contributed by atoms with Crippen LogP contribution >= 0.6 is 23.2 Å². The van der Waals surface area contributed by atoms with Gasteiger partial charge in [-0.3, -0.25) is 4.68 Å². The Morgan fingerprint density at radius 3 is 2.23 bits per heavy atom. The van der Waals surface area contributed by atoms with E-state index in [2.05, 4.69) is 9.82 Å². The molecule has 1 heterocycles. The van der Waals surface area contributed by atoms with Crippen molar-refractivity contribution >= 4 is 39.3 Å². The third kappa shape index (κ3) is 4.13. The standard InChI is InChI=1S/C20H21Cl2N3O4S/c1-11-19(12(2)25(3)23-11)24-30(26,27)20-16(21)8-13(9-17(20)22)15-7-6-14(28-4)10-18(15)29-5/h6-10H,1-5H3,(H-,24,26,27)/p+1. The Labute approximate surface area is 186 Å². The first kappa shape index (κ1) is 22.4. The van der Waals surface area contributed by atoms with E-state index < -0.39 is 10.4 Å². The molecule has 0 amide bonds. The molecule has 0 saturated heterocycles. The Bertz CT molecular complexity index is 1140. The first-order valence-electron chi connectivity index (χ1n) is 8.85. The molecule has 0 aliphatic rings. The van der Waals surface area contributed by atoms with Gasteiger partial charge in [0.25, 0.3) is 4.90 Å². The molecule has 3 aromatic rings. The Morgan fingerprint density at radius 2 is 1.73 bits per heavy atom. The molecule has 1 atom stereocenters. The average molecular weight is 471 g/mol. The molecule has 0 aliphatic carbocycles. The molecule has 1 unspecified atom stereocenters. The quantitative estimate of drug-likeness (QED) is 0.471. The molecule has 0 spiro atoms. The minimum absolute atomic E-state index is 0.0505. The van der Waals surface area contributed by atoms with Crippen molar-refractivity contribution in [2.24, 2.45) is 7.05 Å². The third-order valence-corrected chi connectivity index (χ3v) is 7.04. The maximum Gasteiger partial charge on any atom is 0.349 e. The van der Waals surface area contributed by atoms with Crippen LogP contribution in [0.2, 0.25) is 10.0 Å². The van der Waals surface area contributed by atoms with Gasteiger partial charge in [0.15, 0.2) is 0 Å². The molecule has 30 heavy (non-hydrogen) atoms. The van der Waals surface area contributed by atoms with E-state index in [-0.39, 0.29) is 14.9 Å². The van der Waals surface area contributed by atoms with Crippen molar-refractivity contribution in [3.63, 3.8) is 0 Å². The second-order valence-corrected chi connectivity index (χ2v) is 9.11. The number of hydrogen-bond acceptors (Lipinski definition) is 4. The number of nitrogens with one attached hydrogen (secondary N) is 1. The van der Waals surface area contributed by atoms with Crippen molar-refractivity contribution in [2.75, 3.05) is 18.9 Å². The average Bonchev–Trinajstić information content (AvgIpc) is 2.92. The lowest BCUT2D eigenvalue weighted by Crippen LogP contribution is -2.22. The molecule has 7 nitrogen and oxygen atoms in total. The van der Waals surface area contributed by atoms with Gasteiger partial charge in [-0.2, -0.15) is 14.4 Å². The van der Waals surface area contributed by atoms with Crippen molar-refractivity contribution in [1.82, 2.24) is 9.78 Å². The lowest BCUT2D eigenvalue weighted by Gasteiger charge is -2.14. The predicted molar refractivity (Wildman–Crippen MR) is 120 cm³/mol. The summed E-state index contributed by atoms with van der Waals surface area (Å²) in [7, 11) is 1.06. The zero-order valence-corrected chi connectivity index (χ0v) is 19.4. The molecule has 1 aromatic heterocycles. The maximum absolute atomic E-state index is 13.2. The molecule has 2 N–H and O–H groups in total. The van der Waals surface area contributed by atoms with Gasteiger partial charge in [-0.15, -0.1) is 0 Å². The highest BCUT2D eigenvalue weighted by atomic mass is 35.5. The number of halogens is 2. The summed E-state index contributed by atoms with van der Waals surface area (Å²) >= 11 is 12.8. The Kier molecular flexibility index (Phi) is 6.33. The molecule has 10 heteroatoms. The SMILES string of the molecule is COc1ccc(-c2cc(Cl)c([S+](=O)(O)Nc3c(C)nn(C)c3C)c(Cl)c2)c(OC)c1. The van der Waals surface area contributed by atoms with Gasteiger partial charge >= 0.3 is 10.4 Å². The topological polar surface area (TPSA) is 85.6 Å². The monoisotopic (exact) mass is 470 g/mol. The van der Waals surface area contributed by atoms with Gasteiger partial charge in [-0.05, 0) is 47.9 Å². The number of anilines is 1. The number of aryl methyl sites for hydroxylation is 2. The van der Waals surface area contributed by atoms with Crippen molar-refractivity contribution in [3.05, 3.63) is 51.8 Å². The highest BCUT2D eigenvalue weighted by molar-refractivity contribution is 7.99. The van der Waals surface area contributed by atoms with Crippen LogP contribution in [0, 0.1) is 13.8 Å². The van der Waals surface area contributed by atoms with E-state index in [1.807, 2.05) is 0 Å². The van der Waals surface area contributed by atoms with E-state index in [0.29, 0.717) is 39.7 Å². The zero-order valence-electron chi connectivity index (χ0n) is 17.1. The van der Waals surface area contributed by atoms with E-state index >= 15 is 0 Å². The Hall–Kier alpha value is -2.26. The summed E-state index contributed by atoms with van der Waals surface area (Å²) in [6.07, 6.45) is 0. The van der Waals surface area contributed by atoms with Gasteiger partial charge in [-0.1, -0.05) is 23.2 Å². The largest absolute Gasteiger partial charge is 0.497 e. The lowest BCUT2D eigenvalue weighted by molar-refractivity contribution is 0.395. The van der Waals surface area contributed by atoms with E-state index in [9.17, 15) is 8.76 Å². The van der Waals surface area contributed by atoms with Crippen LogP contribution < -0.4 is 14.2 Å². The maximum atomic E-state index is 13.2. The van der Waals surface area contributed by atoms with Crippen LogP contribution in [0.1, 0.15) is 11.4 Å². The van der Waals surface area contributed by atoms with Gasteiger partial charge in [0.2, 0.25) is 0 Å². The second-order valence-electron chi connectivity index (χ2n) is 6.63. The molecule has 0 saturated carbocycles. The highest BCUT2D eigenvalue weighted by Gasteiger charge is 2.38. The van der Waals surface area contributed by atoms with E-state index in [1.54, 1.807) is 70.1 Å². The van der Waals surface area contributed by atoms with Crippen LogP contribution in [-0.2, 0) is 21.7 Å². The molecular formula is C20H22Cl2N3O4S+. The number of rotatable bonds is 6. The molecule has 0 aliphatic heterocycles. The molecule has 160 valence electrons. The van der Waals surface area contributed by atoms with E-state index in [1.165, 1.54) is 0 Å². The number of ether oxygens (including phenoxy) is 2. The van der Waals surface area contributed by atoms with Crippen molar-refractivity contribution in [2.45, 2.75) is 18.7 Å². The molecule has 0 radical (unpaired) electrons. The minimum atomic E-state index is -3.80. The van der Waals surface area contributed by atoms with E-state index in [4.69, 9.17) is 32.7 Å². The summed E-state index contributed by atoms with van der Waals surface area (Å²) in [6, 6.07) is 8.46. The molecule has 3 rings (SSSR count). The van der Waals surface area contributed by atoms with Gasteiger partial charge in [0, 0.05) is 18.7 Å². The number of benzene rings is 2. The summed E-state index contributed by atoms with van der Waals surface area (Å²) in [6.45, 7) is 3.53. The van der Waals surface area contributed by atoms with Gasteiger partial charge in [0.1, 0.15) is 27.2 Å². The summed E-state index contributed by atoms with van der Waals surface area (Å²) in [5, 5.41) is 4.35. The lowest BCUT2D eigenvalue weighted by atomic mass is 10.0. The fourth-order valence-corrected chi connectivity index (χ4v) is 5.56. The fraction of sp³-hybridized carbons (Fsp3) is 0.250. The van der Waals surface area contributed by atoms with Crippen molar-refractivity contribution < 1.29 is 18.2 Å². The second kappa shape index (κ2) is 8.47. The predicted octanol–water partition coefficient (Wildman–Crippen LogP) is 5.39. The van der Waals surface area contributed by atoms with Crippen LogP contribution in [0.3, 0.4) is 0 Å². The first-order valence-corrected chi connectivity index (χ1v) is 11.1. The van der Waals surface area contributed by atoms with Crippen LogP contribution in [-0.4, -0.2) is 28.6 Å². The third-order valence-electron chi connectivity index (χ3n) is 4.74. The highest BCUT2D eigenvalue weighted by Crippen LogP contribution is 2.41. The smallest absolute Gasteiger partial charge is 0.349 e. The van der Waals surface area contributed by atoms with Crippen LogP contribution in [0.25, 0.3) is 11.1 Å². The summed E-state index contributed by atoms with van der Waals surface area (Å²) in [5.74, 6) is 1.19. The van der Waals surface area contributed by atoms with Crippen molar-refractivity contribution in [1.29, 1.82) is 0 Å². The molecule has 0 fully saturated rings. The number of hydrogen-bond donors (Lipinski definition) is 2. The number of methoxy groups -OCH3 is 2. The summed E-state index contributed by atoms with van der Waals surface area (Å²) in [5.41, 5.74) is 3.10. The van der Waals surface area contributed by atoms with Gasteiger partial charge in [0.05, 0.1) is 25.6 Å². The molecule has 0 bridgehead atoms. The van der Waals surface area contributed by atoms with Gasteiger partial charge < -0.3 is 9.47 Å². The summed E-state index contributed by atoms with van der Waals surface area (Å²) < 4.78 is 38.9. The Balaban J connectivity index is 2.06. The van der Waals surface area contributed by atoms with Crippen LogP contribution in [0.4, 0.5) is 5.69 Å². The fourth-order valence-electron chi connectivity index (χ4n) is 3.13. The normalized spacial score (nSPS) is 13.1. The number of nitrogens with zero attached hydrogens (tertiary/aromatic N) is 2.